The molecule has 8 nitrogen and oxygen atoms in total. The van der Waals surface area contributed by atoms with Crippen LogP contribution in [0.1, 0.15) is 25.8 Å². The second-order valence-corrected chi connectivity index (χ2v) is 4.94. The molecule has 2 amide bonds. The molecule has 8 heteroatoms. The van der Waals surface area contributed by atoms with E-state index < -0.39 is 11.8 Å². The Morgan fingerprint density at radius 3 is 2.17 bits per heavy atom. The molecule has 0 aliphatic carbocycles. The molecule has 2 N–H and O–H groups in total. The van der Waals surface area contributed by atoms with Crippen LogP contribution in [0, 0.1) is 0 Å². The van der Waals surface area contributed by atoms with Crippen molar-refractivity contribution in [1.82, 2.24) is 10.7 Å². The first-order valence-corrected chi connectivity index (χ1v) is 7.40. The minimum absolute atomic E-state index is 0.0812. The van der Waals surface area contributed by atoms with E-state index in [1.165, 1.54) is 27.5 Å². The summed E-state index contributed by atoms with van der Waals surface area (Å²) in [6.07, 6.45) is 2.10. The lowest BCUT2D eigenvalue weighted by Gasteiger charge is -2.12. The van der Waals surface area contributed by atoms with Gasteiger partial charge in [-0.15, -0.1) is 0 Å². The molecule has 1 aromatic carbocycles. The van der Waals surface area contributed by atoms with Gasteiger partial charge in [-0.3, -0.25) is 9.59 Å². The summed E-state index contributed by atoms with van der Waals surface area (Å²) in [6.45, 7) is 3.72. The van der Waals surface area contributed by atoms with E-state index in [9.17, 15) is 9.59 Å². The number of methoxy groups -OCH3 is 3. The normalized spacial score (nSPS) is 11.7. The zero-order valence-electron chi connectivity index (χ0n) is 14.5. The van der Waals surface area contributed by atoms with Crippen LogP contribution in [-0.2, 0) is 9.59 Å². The van der Waals surface area contributed by atoms with Crippen LogP contribution in [0.3, 0.4) is 0 Å². The molecule has 1 rings (SSSR count). The molecule has 1 aromatic rings. The number of hydrogen-bond donors (Lipinski definition) is 2. The van der Waals surface area contributed by atoms with Gasteiger partial charge in [-0.1, -0.05) is 6.92 Å². The van der Waals surface area contributed by atoms with Crippen molar-refractivity contribution in [3.05, 3.63) is 17.7 Å². The SMILES string of the molecule is CC[C@H](C)NC(=O)C(=O)N/N=C\c1cc(OC)c(OC)c(OC)c1. The van der Waals surface area contributed by atoms with E-state index in [1.54, 1.807) is 12.1 Å². The van der Waals surface area contributed by atoms with Crippen LogP contribution in [0.2, 0.25) is 0 Å². The molecule has 0 spiro atoms. The van der Waals surface area contributed by atoms with Gasteiger partial charge in [-0.25, -0.2) is 5.43 Å². The summed E-state index contributed by atoms with van der Waals surface area (Å²) in [5.41, 5.74) is 2.77. The van der Waals surface area contributed by atoms with E-state index in [4.69, 9.17) is 14.2 Å². The van der Waals surface area contributed by atoms with Crippen LogP contribution in [0.25, 0.3) is 0 Å². The summed E-state index contributed by atoms with van der Waals surface area (Å²) in [7, 11) is 4.50. The van der Waals surface area contributed by atoms with Crippen LogP contribution in [0.15, 0.2) is 17.2 Å². The van der Waals surface area contributed by atoms with E-state index in [2.05, 4.69) is 15.8 Å². The topological polar surface area (TPSA) is 98.3 Å². The quantitative estimate of drug-likeness (QED) is 0.441. The number of rotatable bonds is 7. The monoisotopic (exact) mass is 337 g/mol. The summed E-state index contributed by atoms with van der Waals surface area (Å²) in [4.78, 5) is 23.2. The summed E-state index contributed by atoms with van der Waals surface area (Å²) >= 11 is 0. The Bertz CT molecular complexity index is 591. The Morgan fingerprint density at radius 1 is 1.12 bits per heavy atom. The molecule has 0 heterocycles. The first kappa shape index (κ1) is 19.3. The number of carbonyl (C=O) groups is 2. The Hall–Kier alpha value is -2.77. The van der Waals surface area contributed by atoms with Crippen molar-refractivity contribution in [3.8, 4) is 17.2 Å². The summed E-state index contributed by atoms with van der Waals surface area (Å²) in [5.74, 6) is -0.196. The van der Waals surface area contributed by atoms with Crippen molar-refractivity contribution in [3.63, 3.8) is 0 Å². The average Bonchev–Trinajstić information content (AvgIpc) is 2.60. The molecule has 132 valence electrons. The predicted molar refractivity (Wildman–Crippen MR) is 89.7 cm³/mol. The van der Waals surface area contributed by atoms with E-state index >= 15 is 0 Å². The van der Waals surface area contributed by atoms with E-state index in [-0.39, 0.29) is 6.04 Å². The van der Waals surface area contributed by atoms with Crippen LogP contribution in [-0.4, -0.2) is 45.4 Å². The number of amides is 2. The zero-order valence-corrected chi connectivity index (χ0v) is 14.5. The van der Waals surface area contributed by atoms with Gasteiger partial charge >= 0.3 is 11.8 Å². The molecular weight excluding hydrogens is 314 g/mol. The lowest BCUT2D eigenvalue weighted by molar-refractivity contribution is -0.139. The molecule has 0 radical (unpaired) electrons. The fraction of sp³-hybridized carbons (Fsp3) is 0.438. The van der Waals surface area contributed by atoms with Gasteiger partial charge < -0.3 is 19.5 Å². The first-order chi connectivity index (χ1) is 11.5. The van der Waals surface area contributed by atoms with Crippen LogP contribution in [0.5, 0.6) is 17.2 Å². The molecule has 0 fully saturated rings. The van der Waals surface area contributed by atoms with Gasteiger partial charge in [-0.05, 0) is 25.5 Å². The van der Waals surface area contributed by atoms with Crippen molar-refractivity contribution < 1.29 is 23.8 Å². The predicted octanol–water partition coefficient (Wildman–Crippen LogP) is 1.08. The highest BCUT2D eigenvalue weighted by atomic mass is 16.5. The maximum atomic E-state index is 11.6. The van der Waals surface area contributed by atoms with Crippen LogP contribution < -0.4 is 25.0 Å². The van der Waals surface area contributed by atoms with E-state index in [0.29, 0.717) is 22.8 Å². The average molecular weight is 337 g/mol. The Morgan fingerprint density at radius 2 is 1.71 bits per heavy atom. The summed E-state index contributed by atoms with van der Waals surface area (Å²) < 4.78 is 15.7. The molecule has 1 atom stereocenters. The highest BCUT2D eigenvalue weighted by Gasteiger charge is 2.15. The molecule has 0 aliphatic heterocycles. The number of carbonyl (C=O) groups excluding carboxylic acids is 2. The summed E-state index contributed by atoms with van der Waals surface area (Å²) in [5, 5.41) is 6.31. The third kappa shape index (κ3) is 5.15. The van der Waals surface area contributed by atoms with Gasteiger partial charge in [0.05, 0.1) is 27.5 Å². The minimum Gasteiger partial charge on any atom is -0.493 e. The van der Waals surface area contributed by atoms with E-state index in [0.717, 1.165) is 6.42 Å². The first-order valence-electron chi connectivity index (χ1n) is 7.40. The van der Waals surface area contributed by atoms with Gasteiger partial charge in [0.2, 0.25) is 5.75 Å². The Kier molecular flexibility index (Phi) is 7.54. The third-order valence-corrected chi connectivity index (χ3v) is 3.26. The second-order valence-electron chi connectivity index (χ2n) is 4.94. The molecule has 0 saturated heterocycles. The van der Waals surface area contributed by atoms with Gasteiger partial charge in [0.25, 0.3) is 0 Å². The van der Waals surface area contributed by atoms with Crippen molar-refractivity contribution in [2.24, 2.45) is 5.10 Å². The fourth-order valence-corrected chi connectivity index (χ4v) is 1.78. The Balaban J connectivity index is 2.80. The maximum absolute atomic E-state index is 11.6. The van der Waals surface area contributed by atoms with Gasteiger partial charge in [0.15, 0.2) is 11.5 Å². The van der Waals surface area contributed by atoms with Crippen molar-refractivity contribution in [1.29, 1.82) is 0 Å². The standard InChI is InChI=1S/C16H23N3O5/c1-6-10(2)18-15(20)16(21)19-17-9-11-7-12(22-3)14(24-5)13(8-11)23-4/h7-10H,6H2,1-5H3,(H,18,20)(H,19,21)/b17-9-/t10-/m0/s1. The van der Waals surface area contributed by atoms with Crippen molar-refractivity contribution in [2.75, 3.05) is 21.3 Å². The third-order valence-electron chi connectivity index (χ3n) is 3.26. The van der Waals surface area contributed by atoms with Gasteiger partial charge in [-0.2, -0.15) is 5.10 Å². The summed E-state index contributed by atoms with van der Waals surface area (Å²) in [6, 6.07) is 3.24. The minimum atomic E-state index is -0.834. The number of ether oxygens (including phenoxy) is 3. The highest BCUT2D eigenvalue weighted by molar-refractivity contribution is 6.35. The fourth-order valence-electron chi connectivity index (χ4n) is 1.78. The molecule has 0 bridgehead atoms. The number of benzene rings is 1. The lowest BCUT2D eigenvalue weighted by atomic mass is 10.2. The largest absolute Gasteiger partial charge is 0.493 e. The molecule has 0 aliphatic rings. The molecule has 0 aromatic heterocycles. The molecule has 0 unspecified atom stereocenters. The number of nitrogens with one attached hydrogen (secondary N) is 2. The van der Waals surface area contributed by atoms with E-state index in [1.807, 2.05) is 13.8 Å². The van der Waals surface area contributed by atoms with Crippen molar-refractivity contribution >= 4 is 18.0 Å². The zero-order chi connectivity index (χ0) is 18.1. The number of hydrazone groups is 1. The highest BCUT2D eigenvalue weighted by Crippen LogP contribution is 2.37. The Labute approximate surface area is 141 Å². The lowest BCUT2D eigenvalue weighted by Crippen LogP contribution is -2.41. The van der Waals surface area contributed by atoms with Gasteiger partial charge in [0.1, 0.15) is 0 Å². The second kappa shape index (κ2) is 9.39. The maximum Gasteiger partial charge on any atom is 0.329 e. The van der Waals surface area contributed by atoms with Crippen LogP contribution >= 0.6 is 0 Å². The van der Waals surface area contributed by atoms with Gasteiger partial charge in [0, 0.05) is 11.6 Å². The smallest absolute Gasteiger partial charge is 0.329 e. The molecular formula is C16H23N3O5. The molecule has 24 heavy (non-hydrogen) atoms. The number of hydrogen-bond acceptors (Lipinski definition) is 6. The molecule has 0 saturated carbocycles. The van der Waals surface area contributed by atoms with Crippen molar-refractivity contribution in [2.45, 2.75) is 26.3 Å². The number of nitrogens with zero attached hydrogens (tertiary/aromatic N) is 1. The van der Waals surface area contributed by atoms with Crippen LogP contribution in [0.4, 0.5) is 0 Å².